The van der Waals surface area contributed by atoms with E-state index in [1.807, 2.05) is 46.6 Å². The first-order valence-electron chi connectivity index (χ1n) is 7.53. The second-order valence-corrected chi connectivity index (χ2v) is 6.13. The molecule has 5 heteroatoms. The van der Waals surface area contributed by atoms with Crippen LogP contribution < -0.4 is 4.74 Å². The van der Waals surface area contributed by atoms with Gasteiger partial charge in [0.15, 0.2) is 5.88 Å². The number of hydrogen-bond acceptors (Lipinski definition) is 4. The van der Waals surface area contributed by atoms with Crippen molar-refractivity contribution in [3.8, 4) is 33.4 Å². The second-order valence-electron chi connectivity index (χ2n) is 5.24. The highest BCUT2D eigenvalue weighted by Gasteiger charge is 2.11. The van der Waals surface area contributed by atoms with E-state index in [-0.39, 0.29) is 0 Å². The lowest BCUT2D eigenvalue weighted by atomic mass is 10.1. The van der Waals surface area contributed by atoms with E-state index in [9.17, 15) is 0 Å². The number of methoxy groups -OCH3 is 1. The van der Waals surface area contributed by atoms with Crippen molar-refractivity contribution in [3.63, 3.8) is 0 Å². The number of nitrogens with zero attached hydrogens (tertiary/aromatic N) is 3. The minimum Gasteiger partial charge on any atom is -0.482 e. The molecule has 1 aromatic carbocycles. The number of hydrogen-bond donors (Lipinski definition) is 0. The Labute approximate surface area is 144 Å². The molecular formula is C19H15N3OS. The van der Waals surface area contributed by atoms with Crippen LogP contribution in [0.1, 0.15) is 0 Å². The Morgan fingerprint density at radius 1 is 0.958 bits per heavy atom. The molecule has 118 valence electrons. The van der Waals surface area contributed by atoms with Crippen molar-refractivity contribution in [1.29, 1.82) is 0 Å². The summed E-state index contributed by atoms with van der Waals surface area (Å²) in [5.74, 6) is 0.783. The van der Waals surface area contributed by atoms with Crippen molar-refractivity contribution >= 4 is 11.3 Å². The van der Waals surface area contributed by atoms with E-state index < -0.39 is 0 Å². The minimum atomic E-state index is 0.783. The van der Waals surface area contributed by atoms with Gasteiger partial charge in [0.1, 0.15) is 5.01 Å². The molecule has 4 rings (SSSR count). The summed E-state index contributed by atoms with van der Waals surface area (Å²) in [5.41, 5.74) is 4.14. The fourth-order valence-electron chi connectivity index (χ4n) is 2.61. The van der Waals surface area contributed by atoms with Crippen molar-refractivity contribution in [2.75, 3.05) is 7.11 Å². The second kappa shape index (κ2) is 6.29. The highest BCUT2D eigenvalue weighted by molar-refractivity contribution is 7.13. The first kappa shape index (κ1) is 14.7. The van der Waals surface area contributed by atoms with Gasteiger partial charge >= 0.3 is 0 Å². The van der Waals surface area contributed by atoms with Crippen molar-refractivity contribution < 1.29 is 4.74 Å². The van der Waals surface area contributed by atoms with E-state index in [0.29, 0.717) is 0 Å². The summed E-state index contributed by atoms with van der Waals surface area (Å²) in [6.07, 6.45) is 5.66. The number of aromatic nitrogens is 3. The molecule has 0 spiro atoms. The fourth-order valence-corrected chi connectivity index (χ4v) is 3.23. The zero-order valence-electron chi connectivity index (χ0n) is 13.1. The molecule has 0 N–H and O–H groups in total. The largest absolute Gasteiger partial charge is 0.482 e. The molecule has 0 bridgehead atoms. The van der Waals surface area contributed by atoms with Crippen molar-refractivity contribution in [3.05, 3.63) is 72.5 Å². The van der Waals surface area contributed by atoms with Gasteiger partial charge in [0.2, 0.25) is 0 Å². The normalized spacial score (nSPS) is 10.7. The van der Waals surface area contributed by atoms with Gasteiger partial charge in [0.25, 0.3) is 0 Å². The zero-order valence-corrected chi connectivity index (χ0v) is 13.9. The summed E-state index contributed by atoms with van der Waals surface area (Å²) < 4.78 is 7.55. The third kappa shape index (κ3) is 2.70. The Morgan fingerprint density at radius 3 is 2.50 bits per heavy atom. The first-order valence-corrected chi connectivity index (χ1v) is 8.41. The summed E-state index contributed by atoms with van der Waals surface area (Å²) in [6.45, 7) is 0. The third-order valence-corrected chi connectivity index (χ3v) is 4.60. The maximum atomic E-state index is 5.52. The predicted octanol–water partition coefficient (Wildman–Crippen LogP) is 4.67. The van der Waals surface area contributed by atoms with Gasteiger partial charge in [-0.15, -0.1) is 11.3 Å². The van der Waals surface area contributed by atoms with Gasteiger partial charge in [-0.2, -0.15) is 0 Å². The Balaban J connectivity index is 1.71. The van der Waals surface area contributed by atoms with Gasteiger partial charge in [0.05, 0.1) is 12.8 Å². The van der Waals surface area contributed by atoms with Gasteiger partial charge in [-0.05, 0) is 24.3 Å². The quantitative estimate of drug-likeness (QED) is 0.545. The van der Waals surface area contributed by atoms with Gasteiger partial charge in [-0.1, -0.05) is 18.2 Å². The first-order chi connectivity index (χ1) is 11.8. The van der Waals surface area contributed by atoms with Crippen LogP contribution in [0, 0.1) is 0 Å². The van der Waals surface area contributed by atoms with Crippen molar-refractivity contribution in [1.82, 2.24) is 14.5 Å². The van der Waals surface area contributed by atoms with E-state index in [0.717, 1.165) is 33.4 Å². The van der Waals surface area contributed by atoms with E-state index in [2.05, 4.69) is 34.2 Å². The summed E-state index contributed by atoms with van der Waals surface area (Å²) in [5, 5.41) is 2.96. The van der Waals surface area contributed by atoms with Gasteiger partial charge in [0, 0.05) is 46.9 Å². The number of thiazole rings is 1. The van der Waals surface area contributed by atoms with Crippen LogP contribution in [0.4, 0.5) is 0 Å². The molecule has 0 radical (unpaired) electrons. The molecule has 0 atom stereocenters. The van der Waals surface area contributed by atoms with Gasteiger partial charge < -0.3 is 4.74 Å². The number of rotatable bonds is 4. The third-order valence-electron chi connectivity index (χ3n) is 3.78. The smallest absolute Gasteiger partial charge is 0.198 e. The van der Waals surface area contributed by atoms with Crippen LogP contribution in [0.5, 0.6) is 5.88 Å². The predicted molar refractivity (Wildman–Crippen MR) is 96.7 cm³/mol. The molecule has 4 aromatic rings. The summed E-state index contributed by atoms with van der Waals surface area (Å²) in [7, 11) is 1.68. The maximum absolute atomic E-state index is 5.52. The molecule has 0 aliphatic carbocycles. The maximum Gasteiger partial charge on any atom is 0.198 e. The van der Waals surface area contributed by atoms with E-state index in [1.165, 1.54) is 0 Å². The SMILES string of the molecule is COc1cc(-c2nccs2)cn1-c1ccc(-c2ccccn2)cc1. The van der Waals surface area contributed by atoms with Crippen LogP contribution in [-0.2, 0) is 0 Å². The molecule has 3 heterocycles. The highest BCUT2D eigenvalue weighted by Crippen LogP contribution is 2.30. The molecule has 0 aliphatic rings. The minimum absolute atomic E-state index is 0.783. The highest BCUT2D eigenvalue weighted by atomic mass is 32.1. The molecule has 0 saturated carbocycles. The molecular weight excluding hydrogens is 318 g/mol. The van der Waals surface area contributed by atoms with Crippen molar-refractivity contribution in [2.24, 2.45) is 0 Å². The van der Waals surface area contributed by atoms with Crippen LogP contribution >= 0.6 is 11.3 Å². The summed E-state index contributed by atoms with van der Waals surface area (Å²) in [6, 6.07) is 16.2. The van der Waals surface area contributed by atoms with E-state index in [1.54, 1.807) is 24.6 Å². The molecule has 24 heavy (non-hydrogen) atoms. The van der Waals surface area contributed by atoms with Crippen molar-refractivity contribution in [2.45, 2.75) is 0 Å². The van der Waals surface area contributed by atoms with Gasteiger partial charge in [-0.25, -0.2) is 4.98 Å². The molecule has 0 fully saturated rings. The van der Waals surface area contributed by atoms with E-state index in [4.69, 9.17) is 4.74 Å². The van der Waals surface area contributed by atoms with Crippen LogP contribution in [0.25, 0.3) is 27.5 Å². The number of benzene rings is 1. The lowest BCUT2D eigenvalue weighted by molar-refractivity contribution is 0.390. The molecule has 0 unspecified atom stereocenters. The molecule has 3 aromatic heterocycles. The summed E-state index contributed by atoms with van der Waals surface area (Å²) in [4.78, 5) is 8.75. The van der Waals surface area contributed by atoms with Crippen LogP contribution in [0.15, 0.2) is 72.5 Å². The fraction of sp³-hybridized carbons (Fsp3) is 0.0526. The lowest BCUT2D eigenvalue weighted by Gasteiger charge is -2.08. The topological polar surface area (TPSA) is 39.9 Å². The number of ether oxygens (including phenoxy) is 1. The molecule has 0 aliphatic heterocycles. The average Bonchev–Trinajstić information content (AvgIpc) is 3.32. The Morgan fingerprint density at radius 2 is 1.83 bits per heavy atom. The van der Waals surface area contributed by atoms with Crippen LogP contribution in [0.2, 0.25) is 0 Å². The summed E-state index contributed by atoms with van der Waals surface area (Å²) >= 11 is 1.62. The van der Waals surface area contributed by atoms with Gasteiger partial charge in [-0.3, -0.25) is 9.55 Å². The van der Waals surface area contributed by atoms with E-state index >= 15 is 0 Å². The monoisotopic (exact) mass is 333 g/mol. The Kier molecular flexibility index (Phi) is 3.84. The Hall–Kier alpha value is -2.92. The molecule has 0 amide bonds. The van der Waals surface area contributed by atoms with Crippen LogP contribution in [0.3, 0.4) is 0 Å². The lowest BCUT2D eigenvalue weighted by Crippen LogP contribution is -1.96. The number of pyridine rings is 1. The molecule has 4 nitrogen and oxygen atoms in total. The zero-order chi connectivity index (χ0) is 16.4. The average molecular weight is 333 g/mol. The molecule has 0 saturated heterocycles. The Bertz CT molecular complexity index is 929. The standard InChI is InChI=1S/C19H15N3OS/c1-23-18-12-15(19-21-10-11-24-19)13-22(18)16-7-5-14(6-8-16)17-4-2-3-9-20-17/h2-13H,1H3. The van der Waals surface area contributed by atoms with Crippen LogP contribution in [-0.4, -0.2) is 21.6 Å².